The number of hydrogen-bond acceptors (Lipinski definition) is 3. The SMILES string of the molecule is Cc1ccc(S(=O)(=O)N(CC(=O)Nc2ccc(Cl)cc2)c2ccccc2)cc1. The molecule has 0 saturated carbocycles. The summed E-state index contributed by atoms with van der Waals surface area (Å²) in [7, 11) is -3.91. The predicted molar refractivity (Wildman–Crippen MR) is 112 cm³/mol. The van der Waals surface area contributed by atoms with E-state index in [2.05, 4.69) is 5.32 Å². The van der Waals surface area contributed by atoms with Crippen molar-refractivity contribution in [2.24, 2.45) is 0 Å². The minimum Gasteiger partial charge on any atom is -0.325 e. The average Bonchev–Trinajstić information content (AvgIpc) is 2.69. The summed E-state index contributed by atoms with van der Waals surface area (Å²) in [4.78, 5) is 12.7. The van der Waals surface area contributed by atoms with Gasteiger partial charge in [-0.2, -0.15) is 0 Å². The van der Waals surface area contributed by atoms with Crippen LogP contribution in [0.15, 0.2) is 83.8 Å². The Labute approximate surface area is 169 Å². The third-order valence-electron chi connectivity index (χ3n) is 4.07. The molecule has 0 spiro atoms. The monoisotopic (exact) mass is 414 g/mol. The maximum atomic E-state index is 13.2. The zero-order valence-corrected chi connectivity index (χ0v) is 16.7. The lowest BCUT2D eigenvalue weighted by molar-refractivity contribution is -0.114. The maximum absolute atomic E-state index is 13.2. The number of rotatable bonds is 6. The summed E-state index contributed by atoms with van der Waals surface area (Å²) < 4.78 is 27.5. The number of nitrogens with zero attached hydrogens (tertiary/aromatic N) is 1. The fourth-order valence-corrected chi connectivity index (χ4v) is 4.16. The first-order valence-electron chi connectivity index (χ1n) is 8.56. The van der Waals surface area contributed by atoms with Gasteiger partial charge >= 0.3 is 0 Å². The number of carbonyl (C=O) groups is 1. The van der Waals surface area contributed by atoms with Gasteiger partial charge in [-0.05, 0) is 55.5 Å². The van der Waals surface area contributed by atoms with Crippen LogP contribution < -0.4 is 9.62 Å². The van der Waals surface area contributed by atoms with Crippen LogP contribution in [0.2, 0.25) is 5.02 Å². The third kappa shape index (κ3) is 4.71. The highest BCUT2D eigenvalue weighted by Crippen LogP contribution is 2.24. The van der Waals surface area contributed by atoms with E-state index in [-0.39, 0.29) is 11.4 Å². The van der Waals surface area contributed by atoms with Gasteiger partial charge in [-0.15, -0.1) is 0 Å². The van der Waals surface area contributed by atoms with Crippen molar-refractivity contribution in [3.8, 4) is 0 Å². The average molecular weight is 415 g/mol. The normalized spacial score (nSPS) is 11.1. The molecule has 144 valence electrons. The lowest BCUT2D eigenvalue weighted by atomic mass is 10.2. The number of halogens is 1. The van der Waals surface area contributed by atoms with Crippen LogP contribution in [0, 0.1) is 6.92 Å². The Morgan fingerprint density at radius 1 is 0.929 bits per heavy atom. The summed E-state index contributed by atoms with van der Waals surface area (Å²) in [5, 5.41) is 3.25. The van der Waals surface area contributed by atoms with Gasteiger partial charge in [0.1, 0.15) is 6.54 Å². The quantitative estimate of drug-likeness (QED) is 0.646. The zero-order chi connectivity index (χ0) is 20.1. The molecular weight excluding hydrogens is 396 g/mol. The molecule has 0 heterocycles. The van der Waals surface area contributed by atoms with Gasteiger partial charge in [-0.25, -0.2) is 8.42 Å². The molecular formula is C21H19ClN2O3S. The van der Waals surface area contributed by atoms with Gasteiger partial charge in [0.05, 0.1) is 10.6 Å². The summed E-state index contributed by atoms with van der Waals surface area (Å²) in [6, 6.07) is 21.7. The second-order valence-electron chi connectivity index (χ2n) is 6.22. The van der Waals surface area contributed by atoms with Crippen molar-refractivity contribution in [3.05, 3.63) is 89.4 Å². The standard InChI is InChI=1S/C21H19ClN2O3S/c1-16-7-13-20(14-8-16)28(26,27)24(19-5-3-2-4-6-19)15-21(25)23-18-11-9-17(22)10-12-18/h2-14H,15H2,1H3,(H,23,25). The van der Waals surface area contributed by atoms with Gasteiger partial charge in [0, 0.05) is 10.7 Å². The van der Waals surface area contributed by atoms with Crippen LogP contribution in [0.5, 0.6) is 0 Å². The molecule has 3 aromatic carbocycles. The summed E-state index contributed by atoms with van der Waals surface area (Å²) in [6.07, 6.45) is 0. The summed E-state index contributed by atoms with van der Waals surface area (Å²) in [5.74, 6) is -0.457. The fourth-order valence-electron chi connectivity index (χ4n) is 2.61. The van der Waals surface area contributed by atoms with Crippen LogP contribution in [0.25, 0.3) is 0 Å². The molecule has 0 fully saturated rings. The second-order valence-corrected chi connectivity index (χ2v) is 8.51. The summed E-state index contributed by atoms with van der Waals surface area (Å²) in [6.45, 7) is 1.52. The molecule has 0 unspecified atom stereocenters. The Morgan fingerprint density at radius 3 is 2.14 bits per heavy atom. The van der Waals surface area contributed by atoms with E-state index in [0.717, 1.165) is 9.87 Å². The van der Waals surface area contributed by atoms with E-state index in [4.69, 9.17) is 11.6 Å². The van der Waals surface area contributed by atoms with Crippen molar-refractivity contribution in [2.75, 3.05) is 16.2 Å². The Morgan fingerprint density at radius 2 is 1.54 bits per heavy atom. The van der Waals surface area contributed by atoms with E-state index in [0.29, 0.717) is 16.4 Å². The van der Waals surface area contributed by atoms with Crippen molar-refractivity contribution >= 4 is 38.9 Å². The van der Waals surface area contributed by atoms with Gasteiger partial charge in [-0.1, -0.05) is 47.5 Å². The van der Waals surface area contributed by atoms with Crippen LogP contribution in [-0.4, -0.2) is 20.9 Å². The number of sulfonamides is 1. The van der Waals surface area contributed by atoms with Crippen molar-refractivity contribution in [1.82, 2.24) is 0 Å². The Kier molecular flexibility index (Phi) is 6.02. The van der Waals surface area contributed by atoms with Gasteiger partial charge in [0.15, 0.2) is 0 Å². The molecule has 1 amide bonds. The van der Waals surface area contributed by atoms with Crippen molar-refractivity contribution in [2.45, 2.75) is 11.8 Å². The summed E-state index contributed by atoms with van der Waals surface area (Å²) in [5.41, 5.74) is 1.90. The number of carbonyl (C=O) groups excluding carboxylic acids is 1. The van der Waals surface area contributed by atoms with Crippen molar-refractivity contribution in [3.63, 3.8) is 0 Å². The van der Waals surface area contributed by atoms with Crippen LogP contribution in [0.4, 0.5) is 11.4 Å². The van der Waals surface area contributed by atoms with E-state index in [1.807, 2.05) is 6.92 Å². The minimum absolute atomic E-state index is 0.126. The Hall–Kier alpha value is -2.83. The second kappa shape index (κ2) is 8.46. The maximum Gasteiger partial charge on any atom is 0.264 e. The molecule has 3 aromatic rings. The fraction of sp³-hybridized carbons (Fsp3) is 0.0952. The molecule has 0 aliphatic carbocycles. The molecule has 3 rings (SSSR count). The highest BCUT2D eigenvalue weighted by atomic mass is 35.5. The molecule has 0 bridgehead atoms. The largest absolute Gasteiger partial charge is 0.325 e. The number of nitrogens with one attached hydrogen (secondary N) is 1. The van der Waals surface area contributed by atoms with E-state index in [9.17, 15) is 13.2 Å². The van der Waals surface area contributed by atoms with Crippen LogP contribution in [0.3, 0.4) is 0 Å². The number of hydrogen-bond donors (Lipinski definition) is 1. The number of para-hydroxylation sites is 1. The lowest BCUT2D eigenvalue weighted by Crippen LogP contribution is -2.38. The van der Waals surface area contributed by atoms with E-state index < -0.39 is 15.9 Å². The number of aryl methyl sites for hydroxylation is 1. The predicted octanol–water partition coefficient (Wildman–Crippen LogP) is 4.48. The van der Waals surface area contributed by atoms with Crippen LogP contribution in [0.1, 0.15) is 5.56 Å². The molecule has 7 heteroatoms. The zero-order valence-electron chi connectivity index (χ0n) is 15.2. The van der Waals surface area contributed by atoms with Crippen molar-refractivity contribution < 1.29 is 13.2 Å². The smallest absolute Gasteiger partial charge is 0.264 e. The molecule has 0 aliphatic rings. The van der Waals surface area contributed by atoms with Gasteiger partial charge in [0.2, 0.25) is 5.91 Å². The molecule has 1 N–H and O–H groups in total. The molecule has 0 atom stereocenters. The topological polar surface area (TPSA) is 66.5 Å². The van der Waals surface area contributed by atoms with Gasteiger partial charge in [-0.3, -0.25) is 9.10 Å². The van der Waals surface area contributed by atoms with Crippen LogP contribution in [-0.2, 0) is 14.8 Å². The molecule has 5 nitrogen and oxygen atoms in total. The van der Waals surface area contributed by atoms with Gasteiger partial charge < -0.3 is 5.32 Å². The highest BCUT2D eigenvalue weighted by molar-refractivity contribution is 7.92. The molecule has 0 saturated heterocycles. The van der Waals surface area contributed by atoms with Crippen molar-refractivity contribution in [1.29, 1.82) is 0 Å². The molecule has 0 aromatic heterocycles. The number of benzene rings is 3. The molecule has 28 heavy (non-hydrogen) atoms. The lowest BCUT2D eigenvalue weighted by Gasteiger charge is -2.24. The number of anilines is 2. The van der Waals surface area contributed by atoms with Crippen LogP contribution >= 0.6 is 11.6 Å². The van der Waals surface area contributed by atoms with Gasteiger partial charge in [0.25, 0.3) is 10.0 Å². The minimum atomic E-state index is -3.91. The summed E-state index contributed by atoms with van der Waals surface area (Å²) >= 11 is 5.85. The van der Waals surface area contributed by atoms with E-state index in [1.165, 1.54) is 12.1 Å². The first-order chi connectivity index (χ1) is 13.4. The number of amides is 1. The van der Waals surface area contributed by atoms with E-state index >= 15 is 0 Å². The third-order valence-corrected chi connectivity index (χ3v) is 6.11. The molecule has 0 aliphatic heterocycles. The Balaban J connectivity index is 1.90. The van der Waals surface area contributed by atoms with E-state index in [1.54, 1.807) is 66.7 Å². The highest BCUT2D eigenvalue weighted by Gasteiger charge is 2.27. The first-order valence-corrected chi connectivity index (χ1v) is 10.4. The Bertz CT molecular complexity index is 1050. The molecule has 0 radical (unpaired) electrons. The first kappa shape index (κ1) is 19.9.